The Morgan fingerprint density at radius 3 is 1.38 bits per heavy atom. The second kappa shape index (κ2) is 3.11. The molecule has 0 amide bonds. The van der Waals surface area contributed by atoms with Gasteiger partial charge in [0.05, 0.1) is 0 Å². The summed E-state index contributed by atoms with van der Waals surface area (Å²) >= 11 is 0. The molecule has 8 heavy (non-hydrogen) atoms. The van der Waals surface area contributed by atoms with E-state index >= 15 is 0 Å². The SMILES string of the molecule is C[C-](C)C(C)C(C)C. The molecule has 1 atom stereocenters. The van der Waals surface area contributed by atoms with Crippen molar-refractivity contribution in [3.63, 3.8) is 0 Å². The molecular formula is C8H17-. The molecule has 50 valence electrons. The van der Waals surface area contributed by atoms with Crippen LogP contribution < -0.4 is 0 Å². The summed E-state index contributed by atoms with van der Waals surface area (Å²) in [6, 6.07) is 0. The summed E-state index contributed by atoms with van der Waals surface area (Å²) in [4.78, 5) is 0. The third-order valence-electron chi connectivity index (χ3n) is 1.91. The molecule has 0 aromatic heterocycles. The van der Waals surface area contributed by atoms with E-state index in [9.17, 15) is 0 Å². The molecule has 0 spiro atoms. The van der Waals surface area contributed by atoms with Crippen molar-refractivity contribution in [2.45, 2.75) is 34.6 Å². The molecule has 0 aliphatic carbocycles. The van der Waals surface area contributed by atoms with Gasteiger partial charge in [-0.2, -0.15) is 19.8 Å². The van der Waals surface area contributed by atoms with Crippen molar-refractivity contribution in [3.05, 3.63) is 5.92 Å². The van der Waals surface area contributed by atoms with Gasteiger partial charge in [-0.3, -0.25) is 0 Å². The Morgan fingerprint density at radius 2 is 1.38 bits per heavy atom. The Balaban J connectivity index is 3.46. The lowest BCUT2D eigenvalue weighted by atomic mass is 9.88. The zero-order valence-corrected chi connectivity index (χ0v) is 6.65. The molecular weight excluding hydrogens is 96.1 g/mol. The largest absolute Gasteiger partial charge is 0.317 e. The summed E-state index contributed by atoms with van der Waals surface area (Å²) in [6.07, 6.45) is 0. The number of hydrogen-bond donors (Lipinski definition) is 0. The number of rotatable bonds is 2. The molecule has 0 saturated carbocycles. The molecule has 0 aliphatic heterocycles. The first-order chi connectivity index (χ1) is 3.55. The predicted molar refractivity (Wildman–Crippen MR) is 38.6 cm³/mol. The van der Waals surface area contributed by atoms with Crippen molar-refractivity contribution in [2.24, 2.45) is 11.8 Å². The smallest absolute Gasteiger partial charge is 0.0650 e. The van der Waals surface area contributed by atoms with Gasteiger partial charge in [0.2, 0.25) is 0 Å². The van der Waals surface area contributed by atoms with E-state index in [2.05, 4.69) is 34.6 Å². The quantitative estimate of drug-likeness (QED) is 0.483. The molecule has 0 heterocycles. The zero-order chi connectivity index (χ0) is 6.73. The monoisotopic (exact) mass is 113 g/mol. The molecule has 0 heteroatoms. The van der Waals surface area contributed by atoms with Crippen molar-refractivity contribution in [3.8, 4) is 0 Å². The van der Waals surface area contributed by atoms with E-state index in [4.69, 9.17) is 0 Å². The molecule has 0 aromatic rings. The van der Waals surface area contributed by atoms with E-state index in [0.29, 0.717) is 0 Å². The van der Waals surface area contributed by atoms with Gasteiger partial charge in [0.15, 0.2) is 0 Å². The molecule has 0 rings (SSSR count). The van der Waals surface area contributed by atoms with Crippen LogP contribution in [0.4, 0.5) is 0 Å². The van der Waals surface area contributed by atoms with E-state index in [0.717, 1.165) is 11.8 Å². The van der Waals surface area contributed by atoms with Crippen molar-refractivity contribution >= 4 is 0 Å². The van der Waals surface area contributed by atoms with Crippen LogP contribution in [0.15, 0.2) is 0 Å². The second-order valence-electron chi connectivity index (χ2n) is 3.11. The summed E-state index contributed by atoms with van der Waals surface area (Å²) < 4.78 is 0. The standard InChI is InChI=1S/C8H17/c1-6(2)8(5)7(3)4/h6,8H,1-5H3/q-1. The highest BCUT2D eigenvalue weighted by molar-refractivity contribution is 4.85. The fourth-order valence-electron chi connectivity index (χ4n) is 0.667. The lowest BCUT2D eigenvalue weighted by Crippen LogP contribution is -2.08. The maximum atomic E-state index is 2.28. The Kier molecular flexibility index (Phi) is 3.11. The molecule has 0 nitrogen and oxygen atoms in total. The molecule has 0 N–H and O–H groups in total. The predicted octanol–water partition coefficient (Wildman–Crippen LogP) is 2.89. The van der Waals surface area contributed by atoms with E-state index in [1.165, 1.54) is 0 Å². The fourth-order valence-corrected chi connectivity index (χ4v) is 0.667. The highest BCUT2D eigenvalue weighted by atomic mass is 14.2. The van der Waals surface area contributed by atoms with E-state index in [1.54, 1.807) is 5.92 Å². The Morgan fingerprint density at radius 1 is 1.00 bits per heavy atom. The summed E-state index contributed by atoms with van der Waals surface area (Å²) in [5.74, 6) is 3.13. The Hall–Kier alpha value is 0. The van der Waals surface area contributed by atoms with Gasteiger partial charge in [-0.1, -0.05) is 26.7 Å². The molecule has 1 unspecified atom stereocenters. The molecule has 0 fully saturated rings. The summed E-state index contributed by atoms with van der Waals surface area (Å²) in [7, 11) is 0. The highest BCUT2D eigenvalue weighted by Crippen LogP contribution is 2.20. The van der Waals surface area contributed by atoms with Crippen LogP contribution in [0.25, 0.3) is 0 Å². The summed E-state index contributed by atoms with van der Waals surface area (Å²) in [5.41, 5.74) is 0. The zero-order valence-electron chi connectivity index (χ0n) is 6.65. The van der Waals surface area contributed by atoms with Crippen LogP contribution >= 0.6 is 0 Å². The van der Waals surface area contributed by atoms with Gasteiger partial charge in [0.1, 0.15) is 0 Å². The van der Waals surface area contributed by atoms with Crippen molar-refractivity contribution in [2.75, 3.05) is 0 Å². The van der Waals surface area contributed by atoms with E-state index < -0.39 is 0 Å². The normalized spacial score (nSPS) is 15.4. The van der Waals surface area contributed by atoms with Crippen LogP contribution in [0, 0.1) is 17.8 Å². The first-order valence-corrected chi connectivity index (χ1v) is 3.35. The topological polar surface area (TPSA) is 0 Å². The van der Waals surface area contributed by atoms with Gasteiger partial charge in [0, 0.05) is 0 Å². The van der Waals surface area contributed by atoms with Crippen LogP contribution in [0.1, 0.15) is 34.6 Å². The van der Waals surface area contributed by atoms with Gasteiger partial charge in [-0.05, 0) is 0 Å². The lowest BCUT2D eigenvalue weighted by Gasteiger charge is -2.31. The maximum Gasteiger partial charge on any atom is -0.0650 e. The van der Waals surface area contributed by atoms with Gasteiger partial charge in [-0.15, -0.1) is 0 Å². The average Bonchev–Trinajstić information content (AvgIpc) is 1.64. The van der Waals surface area contributed by atoms with Crippen LogP contribution in [-0.4, -0.2) is 0 Å². The van der Waals surface area contributed by atoms with Crippen LogP contribution in [0.3, 0.4) is 0 Å². The van der Waals surface area contributed by atoms with Crippen molar-refractivity contribution < 1.29 is 0 Å². The minimum absolute atomic E-state index is 0.787. The summed E-state index contributed by atoms with van der Waals surface area (Å²) in [6.45, 7) is 11.2. The Bertz CT molecular complexity index is 45.1. The first-order valence-electron chi connectivity index (χ1n) is 3.35. The minimum atomic E-state index is 0.787. The second-order valence-corrected chi connectivity index (χ2v) is 3.11. The highest BCUT2D eigenvalue weighted by Gasteiger charge is 1.98. The first kappa shape index (κ1) is 8.00. The summed E-state index contributed by atoms with van der Waals surface area (Å²) in [5, 5.41) is 0. The fraction of sp³-hybridized carbons (Fsp3) is 0.875. The Labute approximate surface area is 53.3 Å². The molecule has 0 bridgehead atoms. The molecule has 0 aliphatic rings. The lowest BCUT2D eigenvalue weighted by molar-refractivity contribution is 0.437. The van der Waals surface area contributed by atoms with Gasteiger partial charge in [-0.25, -0.2) is 0 Å². The maximum absolute atomic E-state index is 2.28. The molecule has 0 radical (unpaired) electrons. The third-order valence-corrected chi connectivity index (χ3v) is 1.91. The average molecular weight is 113 g/mol. The van der Waals surface area contributed by atoms with Crippen LogP contribution in [0.2, 0.25) is 0 Å². The molecule has 0 saturated heterocycles. The number of hydrogen-bond acceptors (Lipinski definition) is 0. The van der Waals surface area contributed by atoms with Crippen molar-refractivity contribution in [1.29, 1.82) is 0 Å². The van der Waals surface area contributed by atoms with Gasteiger partial charge in [0.25, 0.3) is 0 Å². The van der Waals surface area contributed by atoms with Gasteiger partial charge < -0.3 is 5.92 Å². The van der Waals surface area contributed by atoms with Gasteiger partial charge >= 0.3 is 0 Å². The van der Waals surface area contributed by atoms with Crippen molar-refractivity contribution in [1.82, 2.24) is 0 Å². The van der Waals surface area contributed by atoms with Crippen LogP contribution in [-0.2, 0) is 0 Å². The van der Waals surface area contributed by atoms with Crippen LogP contribution in [0.5, 0.6) is 0 Å². The minimum Gasteiger partial charge on any atom is -0.317 e. The van der Waals surface area contributed by atoms with E-state index in [1.807, 2.05) is 0 Å². The van der Waals surface area contributed by atoms with E-state index in [-0.39, 0.29) is 0 Å². The molecule has 0 aromatic carbocycles. The third kappa shape index (κ3) is 2.34.